The number of carbonyl (C=O) groups excluding carboxylic acids is 1. The zero-order chi connectivity index (χ0) is 16.8. The minimum Gasteiger partial charge on any atom is -0.483 e. The number of pyridine rings is 1. The lowest BCUT2D eigenvalue weighted by Gasteiger charge is -2.16. The number of rotatable bonds is 6. The van der Waals surface area contributed by atoms with Crippen LogP contribution in [0.2, 0.25) is 0 Å². The predicted molar refractivity (Wildman–Crippen MR) is 91.6 cm³/mol. The standard InChI is InChI=1S/C19H24N2O2/c1-13(2)16-9-8-14(3)11-18(16)23-12-19(22)21-15(4)17-7-5-6-10-20-17/h5-11,13,15H,12H2,1-4H3,(H,21,22)/t15-/m0/s1. The summed E-state index contributed by atoms with van der Waals surface area (Å²) >= 11 is 0. The van der Waals surface area contributed by atoms with Crippen LogP contribution in [-0.4, -0.2) is 17.5 Å². The largest absolute Gasteiger partial charge is 0.483 e. The van der Waals surface area contributed by atoms with Gasteiger partial charge in [-0.25, -0.2) is 0 Å². The third kappa shape index (κ3) is 4.81. The van der Waals surface area contributed by atoms with E-state index in [-0.39, 0.29) is 18.6 Å². The van der Waals surface area contributed by atoms with Gasteiger partial charge in [0, 0.05) is 6.20 Å². The number of benzene rings is 1. The molecule has 0 unspecified atom stereocenters. The summed E-state index contributed by atoms with van der Waals surface area (Å²) in [5.41, 5.74) is 3.06. The lowest BCUT2D eigenvalue weighted by Crippen LogP contribution is -2.31. The van der Waals surface area contributed by atoms with Crippen molar-refractivity contribution in [1.82, 2.24) is 10.3 Å². The van der Waals surface area contributed by atoms with Crippen molar-refractivity contribution in [3.8, 4) is 5.75 Å². The number of hydrogen-bond donors (Lipinski definition) is 1. The molecule has 0 radical (unpaired) electrons. The van der Waals surface area contributed by atoms with E-state index >= 15 is 0 Å². The van der Waals surface area contributed by atoms with Crippen LogP contribution in [0.15, 0.2) is 42.6 Å². The molecule has 0 saturated heterocycles. The first-order valence-electron chi connectivity index (χ1n) is 7.91. The van der Waals surface area contributed by atoms with Crippen LogP contribution in [0.3, 0.4) is 0 Å². The van der Waals surface area contributed by atoms with Crippen molar-refractivity contribution < 1.29 is 9.53 Å². The number of amides is 1. The molecular weight excluding hydrogens is 288 g/mol. The van der Waals surface area contributed by atoms with Gasteiger partial charge in [0.1, 0.15) is 5.75 Å². The second-order valence-corrected chi connectivity index (χ2v) is 6.03. The van der Waals surface area contributed by atoms with Crippen molar-refractivity contribution in [1.29, 1.82) is 0 Å². The van der Waals surface area contributed by atoms with Gasteiger partial charge in [0.25, 0.3) is 5.91 Å². The van der Waals surface area contributed by atoms with Crippen LogP contribution in [0, 0.1) is 6.92 Å². The van der Waals surface area contributed by atoms with E-state index in [0.717, 1.165) is 22.6 Å². The van der Waals surface area contributed by atoms with Crippen LogP contribution >= 0.6 is 0 Å². The van der Waals surface area contributed by atoms with Gasteiger partial charge >= 0.3 is 0 Å². The molecular formula is C19H24N2O2. The van der Waals surface area contributed by atoms with Crippen LogP contribution in [0.4, 0.5) is 0 Å². The molecule has 1 N–H and O–H groups in total. The van der Waals surface area contributed by atoms with Gasteiger partial charge in [-0.05, 0) is 49.1 Å². The SMILES string of the molecule is Cc1ccc(C(C)C)c(OCC(=O)N[C@@H](C)c2ccccn2)c1. The first-order valence-corrected chi connectivity index (χ1v) is 7.91. The van der Waals surface area contributed by atoms with Crippen molar-refractivity contribution in [2.75, 3.05) is 6.61 Å². The smallest absolute Gasteiger partial charge is 0.258 e. The number of hydrogen-bond acceptors (Lipinski definition) is 3. The van der Waals surface area contributed by atoms with Crippen molar-refractivity contribution in [2.45, 2.75) is 39.7 Å². The monoisotopic (exact) mass is 312 g/mol. The van der Waals surface area contributed by atoms with Gasteiger partial charge in [-0.3, -0.25) is 9.78 Å². The normalized spacial score (nSPS) is 12.0. The van der Waals surface area contributed by atoms with E-state index in [1.165, 1.54) is 0 Å². The molecule has 0 bridgehead atoms. The molecule has 0 spiro atoms. The van der Waals surface area contributed by atoms with Crippen molar-refractivity contribution in [3.63, 3.8) is 0 Å². The highest BCUT2D eigenvalue weighted by molar-refractivity contribution is 5.78. The molecule has 0 aliphatic rings. The second-order valence-electron chi connectivity index (χ2n) is 6.03. The Balaban J connectivity index is 1.96. The highest BCUT2D eigenvalue weighted by atomic mass is 16.5. The highest BCUT2D eigenvalue weighted by Gasteiger charge is 2.13. The highest BCUT2D eigenvalue weighted by Crippen LogP contribution is 2.27. The molecule has 1 amide bonds. The van der Waals surface area contributed by atoms with Gasteiger partial charge in [-0.1, -0.05) is 32.0 Å². The van der Waals surface area contributed by atoms with Gasteiger partial charge in [0.2, 0.25) is 0 Å². The topological polar surface area (TPSA) is 51.2 Å². The molecule has 1 atom stereocenters. The molecule has 23 heavy (non-hydrogen) atoms. The van der Waals surface area contributed by atoms with Crippen LogP contribution in [0.5, 0.6) is 5.75 Å². The maximum Gasteiger partial charge on any atom is 0.258 e. The Hall–Kier alpha value is -2.36. The summed E-state index contributed by atoms with van der Waals surface area (Å²) in [5, 5.41) is 2.90. The molecule has 122 valence electrons. The van der Waals surface area contributed by atoms with E-state index in [2.05, 4.69) is 36.3 Å². The molecule has 4 heteroatoms. The third-order valence-corrected chi connectivity index (χ3v) is 3.66. The maximum atomic E-state index is 12.1. The van der Waals surface area contributed by atoms with Gasteiger partial charge in [0.05, 0.1) is 11.7 Å². The first kappa shape index (κ1) is 17.0. The average Bonchev–Trinajstić information content (AvgIpc) is 2.53. The van der Waals surface area contributed by atoms with E-state index in [4.69, 9.17) is 4.74 Å². The van der Waals surface area contributed by atoms with Gasteiger partial charge in [-0.15, -0.1) is 0 Å². The van der Waals surface area contributed by atoms with E-state index < -0.39 is 0 Å². The molecule has 4 nitrogen and oxygen atoms in total. The Labute approximate surface area is 137 Å². The lowest BCUT2D eigenvalue weighted by molar-refractivity contribution is -0.123. The number of ether oxygens (including phenoxy) is 1. The van der Waals surface area contributed by atoms with Gasteiger partial charge in [-0.2, -0.15) is 0 Å². The summed E-state index contributed by atoms with van der Waals surface area (Å²) < 4.78 is 5.75. The Morgan fingerprint density at radius 3 is 2.65 bits per heavy atom. The van der Waals surface area contributed by atoms with E-state index in [9.17, 15) is 4.79 Å². The number of aromatic nitrogens is 1. The second kappa shape index (κ2) is 7.77. The Bertz CT molecular complexity index is 654. The first-order chi connectivity index (χ1) is 11.0. The fourth-order valence-corrected chi connectivity index (χ4v) is 2.38. The summed E-state index contributed by atoms with van der Waals surface area (Å²) in [6, 6.07) is 11.6. The van der Waals surface area contributed by atoms with Crippen molar-refractivity contribution >= 4 is 5.91 Å². The summed E-state index contributed by atoms with van der Waals surface area (Å²) in [5.74, 6) is 0.973. The maximum absolute atomic E-state index is 12.1. The van der Waals surface area contributed by atoms with Crippen LogP contribution in [0.1, 0.15) is 49.6 Å². The quantitative estimate of drug-likeness (QED) is 0.883. The lowest BCUT2D eigenvalue weighted by atomic mass is 10.0. The summed E-state index contributed by atoms with van der Waals surface area (Å²) in [7, 11) is 0. The molecule has 0 saturated carbocycles. The Morgan fingerprint density at radius 1 is 1.22 bits per heavy atom. The van der Waals surface area contributed by atoms with Gasteiger partial charge in [0.15, 0.2) is 6.61 Å². The minimum atomic E-state index is -0.153. The zero-order valence-corrected chi connectivity index (χ0v) is 14.2. The molecule has 0 aliphatic heterocycles. The van der Waals surface area contributed by atoms with Crippen molar-refractivity contribution in [2.24, 2.45) is 0 Å². The molecule has 2 aromatic rings. The molecule has 2 rings (SSSR count). The minimum absolute atomic E-state index is 0.000344. The number of nitrogens with one attached hydrogen (secondary N) is 1. The van der Waals surface area contributed by atoms with Crippen LogP contribution < -0.4 is 10.1 Å². The zero-order valence-electron chi connectivity index (χ0n) is 14.2. The Morgan fingerprint density at radius 2 is 2.00 bits per heavy atom. The number of aryl methyl sites for hydroxylation is 1. The third-order valence-electron chi connectivity index (χ3n) is 3.66. The van der Waals surface area contributed by atoms with E-state index in [1.807, 2.05) is 38.1 Å². The fraction of sp³-hybridized carbons (Fsp3) is 0.368. The average molecular weight is 312 g/mol. The summed E-state index contributed by atoms with van der Waals surface area (Å²) in [4.78, 5) is 16.3. The molecule has 1 aromatic carbocycles. The van der Waals surface area contributed by atoms with E-state index in [0.29, 0.717) is 5.92 Å². The molecule has 1 aromatic heterocycles. The van der Waals surface area contributed by atoms with Crippen molar-refractivity contribution in [3.05, 3.63) is 59.4 Å². The fourth-order valence-electron chi connectivity index (χ4n) is 2.38. The van der Waals surface area contributed by atoms with Crippen LogP contribution in [-0.2, 0) is 4.79 Å². The number of carbonyl (C=O) groups is 1. The van der Waals surface area contributed by atoms with E-state index in [1.54, 1.807) is 6.20 Å². The van der Waals surface area contributed by atoms with Crippen LogP contribution in [0.25, 0.3) is 0 Å². The molecule has 0 fully saturated rings. The number of nitrogens with zero attached hydrogens (tertiary/aromatic N) is 1. The molecule has 0 aliphatic carbocycles. The molecule has 1 heterocycles. The Kier molecular flexibility index (Phi) is 5.74. The summed E-state index contributed by atoms with van der Waals surface area (Å²) in [6.45, 7) is 8.15. The summed E-state index contributed by atoms with van der Waals surface area (Å²) in [6.07, 6.45) is 1.72. The predicted octanol–water partition coefficient (Wildman–Crippen LogP) is 3.77. The van der Waals surface area contributed by atoms with Gasteiger partial charge < -0.3 is 10.1 Å².